The summed E-state index contributed by atoms with van der Waals surface area (Å²) in [6, 6.07) is 13.0. The molecule has 2 aromatic carbocycles. The number of thiazole rings is 1. The van der Waals surface area contributed by atoms with Crippen molar-refractivity contribution in [2.45, 2.75) is 0 Å². The summed E-state index contributed by atoms with van der Waals surface area (Å²) in [6.07, 6.45) is 0. The zero-order valence-electron chi connectivity index (χ0n) is 9.15. The van der Waals surface area contributed by atoms with Gasteiger partial charge in [0.2, 0.25) is 0 Å². The molecule has 0 aliphatic carbocycles. The zero-order chi connectivity index (χ0) is 12.5. The summed E-state index contributed by atoms with van der Waals surface area (Å²) in [4.78, 5) is 4.26. The Labute approximate surface area is 116 Å². The predicted molar refractivity (Wildman–Crippen MR) is 77.0 cm³/mol. The molecule has 0 unspecified atom stereocenters. The Hall–Kier alpha value is -1.46. The van der Waals surface area contributed by atoms with Crippen LogP contribution in [-0.2, 0) is 0 Å². The van der Waals surface area contributed by atoms with Crippen LogP contribution in [0.1, 0.15) is 0 Å². The monoisotopic (exact) mass is 322 g/mol. The normalized spacial score (nSPS) is 10.8. The number of anilines is 2. The van der Waals surface area contributed by atoms with E-state index in [4.69, 9.17) is 0 Å². The van der Waals surface area contributed by atoms with Crippen molar-refractivity contribution in [3.63, 3.8) is 0 Å². The standard InChI is InChI=1S/C13H8BrFN2S/c14-8-6-10(15)12-11(7-8)18-13(17-12)16-9-4-2-1-3-5-9/h1-7H,(H,16,17). The summed E-state index contributed by atoms with van der Waals surface area (Å²) in [5.41, 5.74) is 1.35. The molecule has 1 N–H and O–H groups in total. The second kappa shape index (κ2) is 4.66. The number of para-hydroxylation sites is 1. The van der Waals surface area contributed by atoms with Crippen LogP contribution < -0.4 is 5.32 Å². The largest absolute Gasteiger partial charge is 0.332 e. The molecule has 0 atom stereocenters. The van der Waals surface area contributed by atoms with E-state index in [1.54, 1.807) is 0 Å². The lowest BCUT2D eigenvalue weighted by Gasteiger charge is -1.99. The van der Waals surface area contributed by atoms with Gasteiger partial charge in [0.1, 0.15) is 5.52 Å². The second-order valence-corrected chi connectivity index (χ2v) is 5.69. The van der Waals surface area contributed by atoms with E-state index in [9.17, 15) is 4.39 Å². The Balaban J connectivity index is 2.01. The molecule has 2 nitrogen and oxygen atoms in total. The summed E-state index contributed by atoms with van der Waals surface area (Å²) >= 11 is 4.71. The van der Waals surface area contributed by atoms with Crippen molar-refractivity contribution in [1.82, 2.24) is 4.98 Å². The molecule has 0 bridgehead atoms. The minimum absolute atomic E-state index is 0.309. The summed E-state index contributed by atoms with van der Waals surface area (Å²) < 4.78 is 15.2. The van der Waals surface area contributed by atoms with E-state index in [0.717, 1.165) is 14.9 Å². The fourth-order valence-electron chi connectivity index (χ4n) is 1.66. The maximum absolute atomic E-state index is 13.7. The lowest BCUT2D eigenvalue weighted by Crippen LogP contribution is -1.88. The molecule has 1 aromatic heterocycles. The van der Waals surface area contributed by atoms with E-state index >= 15 is 0 Å². The maximum atomic E-state index is 13.7. The predicted octanol–water partition coefficient (Wildman–Crippen LogP) is 4.94. The molecular formula is C13H8BrFN2S. The van der Waals surface area contributed by atoms with Crippen molar-refractivity contribution in [2.75, 3.05) is 5.32 Å². The van der Waals surface area contributed by atoms with E-state index < -0.39 is 0 Å². The molecule has 0 aliphatic rings. The highest BCUT2D eigenvalue weighted by atomic mass is 79.9. The molecule has 18 heavy (non-hydrogen) atoms. The topological polar surface area (TPSA) is 24.9 Å². The van der Waals surface area contributed by atoms with Gasteiger partial charge in [0.05, 0.1) is 4.70 Å². The van der Waals surface area contributed by atoms with Crippen molar-refractivity contribution >= 4 is 48.3 Å². The Bertz CT molecular complexity index is 697. The molecule has 5 heteroatoms. The van der Waals surface area contributed by atoms with Gasteiger partial charge in [0, 0.05) is 10.2 Å². The van der Waals surface area contributed by atoms with Gasteiger partial charge in [-0.2, -0.15) is 0 Å². The van der Waals surface area contributed by atoms with Gasteiger partial charge in [-0.1, -0.05) is 45.5 Å². The summed E-state index contributed by atoms with van der Waals surface area (Å²) in [5.74, 6) is -0.309. The number of rotatable bonds is 2. The summed E-state index contributed by atoms with van der Waals surface area (Å²) in [7, 11) is 0. The van der Waals surface area contributed by atoms with Crippen LogP contribution in [0.3, 0.4) is 0 Å². The summed E-state index contributed by atoms with van der Waals surface area (Å²) in [5, 5.41) is 3.85. The van der Waals surface area contributed by atoms with Crippen LogP contribution in [0.15, 0.2) is 46.9 Å². The highest BCUT2D eigenvalue weighted by Crippen LogP contribution is 2.32. The Morgan fingerprint density at radius 2 is 1.94 bits per heavy atom. The number of hydrogen-bond acceptors (Lipinski definition) is 3. The molecule has 0 saturated carbocycles. The van der Waals surface area contributed by atoms with Gasteiger partial charge in [0.25, 0.3) is 0 Å². The lowest BCUT2D eigenvalue weighted by molar-refractivity contribution is 0.636. The van der Waals surface area contributed by atoms with Crippen molar-refractivity contribution in [3.05, 3.63) is 52.8 Å². The van der Waals surface area contributed by atoms with Crippen LogP contribution in [0.5, 0.6) is 0 Å². The third kappa shape index (κ3) is 2.23. The van der Waals surface area contributed by atoms with Crippen LogP contribution in [-0.4, -0.2) is 4.98 Å². The molecule has 3 rings (SSSR count). The third-order valence-electron chi connectivity index (χ3n) is 2.44. The number of nitrogens with one attached hydrogen (secondary N) is 1. The molecule has 1 heterocycles. The maximum Gasteiger partial charge on any atom is 0.188 e. The molecule has 0 radical (unpaired) electrons. The number of halogens is 2. The van der Waals surface area contributed by atoms with Crippen LogP contribution in [0.25, 0.3) is 10.2 Å². The van der Waals surface area contributed by atoms with Crippen LogP contribution >= 0.6 is 27.3 Å². The Morgan fingerprint density at radius 3 is 2.72 bits per heavy atom. The van der Waals surface area contributed by atoms with Gasteiger partial charge in [-0.3, -0.25) is 0 Å². The van der Waals surface area contributed by atoms with E-state index in [-0.39, 0.29) is 5.82 Å². The number of aromatic nitrogens is 1. The quantitative estimate of drug-likeness (QED) is 0.722. The Morgan fingerprint density at radius 1 is 1.17 bits per heavy atom. The van der Waals surface area contributed by atoms with Crippen molar-refractivity contribution in [2.24, 2.45) is 0 Å². The first-order valence-corrected chi connectivity index (χ1v) is 6.91. The van der Waals surface area contributed by atoms with Crippen molar-refractivity contribution in [1.29, 1.82) is 0 Å². The first kappa shape index (κ1) is 11.6. The molecule has 0 aliphatic heterocycles. The van der Waals surface area contributed by atoms with Gasteiger partial charge in [-0.15, -0.1) is 0 Å². The summed E-state index contributed by atoms with van der Waals surface area (Å²) in [6.45, 7) is 0. The molecule has 3 aromatic rings. The highest BCUT2D eigenvalue weighted by Gasteiger charge is 2.09. The average Bonchev–Trinajstić information content (AvgIpc) is 2.73. The lowest BCUT2D eigenvalue weighted by atomic mass is 10.3. The van der Waals surface area contributed by atoms with Gasteiger partial charge in [-0.05, 0) is 24.3 Å². The number of fused-ring (bicyclic) bond motifs is 1. The van der Waals surface area contributed by atoms with Crippen LogP contribution in [0.4, 0.5) is 15.2 Å². The van der Waals surface area contributed by atoms with E-state index in [1.165, 1.54) is 17.4 Å². The smallest absolute Gasteiger partial charge is 0.188 e. The minimum atomic E-state index is -0.309. The van der Waals surface area contributed by atoms with E-state index in [1.807, 2.05) is 36.4 Å². The SMILES string of the molecule is Fc1cc(Br)cc2sc(Nc3ccccc3)nc12. The van der Waals surface area contributed by atoms with E-state index in [0.29, 0.717) is 10.6 Å². The molecule has 0 spiro atoms. The number of benzene rings is 2. The average molecular weight is 323 g/mol. The zero-order valence-corrected chi connectivity index (χ0v) is 11.6. The van der Waals surface area contributed by atoms with Crippen molar-refractivity contribution < 1.29 is 4.39 Å². The molecule has 90 valence electrons. The number of hydrogen-bond donors (Lipinski definition) is 1. The van der Waals surface area contributed by atoms with Crippen LogP contribution in [0.2, 0.25) is 0 Å². The molecular weight excluding hydrogens is 315 g/mol. The van der Waals surface area contributed by atoms with E-state index in [2.05, 4.69) is 26.2 Å². The molecule has 0 amide bonds. The highest BCUT2D eigenvalue weighted by molar-refractivity contribution is 9.10. The van der Waals surface area contributed by atoms with Crippen molar-refractivity contribution in [3.8, 4) is 0 Å². The Kier molecular flexibility index (Phi) is 3.01. The third-order valence-corrected chi connectivity index (χ3v) is 3.81. The van der Waals surface area contributed by atoms with Gasteiger partial charge in [-0.25, -0.2) is 9.37 Å². The van der Waals surface area contributed by atoms with Gasteiger partial charge in [0.15, 0.2) is 10.9 Å². The van der Waals surface area contributed by atoms with Crippen LogP contribution in [0, 0.1) is 5.82 Å². The molecule has 0 saturated heterocycles. The fourth-order valence-corrected chi connectivity index (χ4v) is 3.18. The fraction of sp³-hybridized carbons (Fsp3) is 0. The van der Waals surface area contributed by atoms with Gasteiger partial charge < -0.3 is 5.32 Å². The minimum Gasteiger partial charge on any atom is -0.332 e. The number of nitrogens with zero attached hydrogens (tertiary/aromatic N) is 1. The molecule has 0 fully saturated rings. The second-order valence-electron chi connectivity index (χ2n) is 3.74. The van der Waals surface area contributed by atoms with Gasteiger partial charge >= 0.3 is 0 Å². The first-order valence-electron chi connectivity index (χ1n) is 5.30. The first-order chi connectivity index (χ1) is 8.72.